The number of ether oxygens (including phenoxy) is 1. The minimum atomic E-state index is -3.66. The molecule has 2 aromatic carbocycles. The summed E-state index contributed by atoms with van der Waals surface area (Å²) in [6.45, 7) is 0.831. The largest absolute Gasteiger partial charge is 0.456 e. The van der Waals surface area contributed by atoms with E-state index < -0.39 is 34.1 Å². The molecule has 0 spiro atoms. The number of sulfone groups is 1. The molecule has 29 heavy (non-hydrogen) atoms. The van der Waals surface area contributed by atoms with E-state index in [1.54, 1.807) is 24.3 Å². The molecule has 154 valence electrons. The number of carbonyl (C=O) groups excluding carboxylic acids is 3. The molecule has 0 aliphatic carbocycles. The molecule has 10 heteroatoms. The maximum Gasteiger partial charge on any atom is 0.307 e. The SMILES string of the molecule is CC(=O)Nc1ccc(NC(=O)COC(=O)CCS(=O)(=O)c2ccc(Cl)cc2)cc1. The Balaban J connectivity index is 1.77. The van der Waals surface area contributed by atoms with Crippen molar-refractivity contribution in [2.75, 3.05) is 23.0 Å². The first-order valence-electron chi connectivity index (χ1n) is 8.47. The van der Waals surface area contributed by atoms with E-state index in [1.807, 2.05) is 0 Å². The lowest BCUT2D eigenvalue weighted by Gasteiger charge is -2.08. The Morgan fingerprint density at radius 2 is 1.48 bits per heavy atom. The van der Waals surface area contributed by atoms with Crippen molar-refractivity contribution in [1.82, 2.24) is 0 Å². The zero-order chi connectivity index (χ0) is 21.4. The average Bonchev–Trinajstić information content (AvgIpc) is 2.66. The normalized spacial score (nSPS) is 10.8. The summed E-state index contributed by atoms with van der Waals surface area (Å²) in [7, 11) is -3.66. The first-order chi connectivity index (χ1) is 13.7. The van der Waals surface area contributed by atoms with Crippen LogP contribution in [0.3, 0.4) is 0 Å². The number of nitrogens with one attached hydrogen (secondary N) is 2. The van der Waals surface area contributed by atoms with Crippen LogP contribution in [0.4, 0.5) is 11.4 Å². The molecule has 2 N–H and O–H groups in total. The second kappa shape index (κ2) is 10.0. The van der Waals surface area contributed by atoms with Crippen LogP contribution in [0.2, 0.25) is 5.02 Å². The summed E-state index contributed by atoms with van der Waals surface area (Å²) in [4.78, 5) is 34.6. The summed E-state index contributed by atoms with van der Waals surface area (Å²) in [6, 6.07) is 11.9. The van der Waals surface area contributed by atoms with Gasteiger partial charge in [-0.25, -0.2) is 8.42 Å². The molecule has 0 aromatic heterocycles. The van der Waals surface area contributed by atoms with Gasteiger partial charge in [0.2, 0.25) is 5.91 Å². The summed E-state index contributed by atoms with van der Waals surface area (Å²) in [5.74, 6) is -2.05. The Morgan fingerprint density at radius 1 is 0.931 bits per heavy atom. The van der Waals surface area contributed by atoms with Gasteiger partial charge in [0, 0.05) is 23.3 Å². The Labute approximate surface area is 173 Å². The number of amides is 2. The third kappa shape index (κ3) is 7.55. The average molecular weight is 439 g/mol. The number of esters is 1. The van der Waals surface area contributed by atoms with Crippen molar-refractivity contribution >= 4 is 50.6 Å². The summed E-state index contributed by atoms with van der Waals surface area (Å²) < 4.78 is 29.1. The van der Waals surface area contributed by atoms with Gasteiger partial charge < -0.3 is 15.4 Å². The van der Waals surface area contributed by atoms with Gasteiger partial charge in [0.1, 0.15) is 0 Å². The molecule has 2 rings (SSSR count). The van der Waals surface area contributed by atoms with Crippen LogP contribution in [-0.4, -0.2) is 38.6 Å². The van der Waals surface area contributed by atoms with E-state index in [-0.39, 0.29) is 17.2 Å². The number of hydrogen-bond donors (Lipinski definition) is 2. The minimum absolute atomic E-state index is 0.0511. The van der Waals surface area contributed by atoms with Gasteiger partial charge in [0.25, 0.3) is 5.91 Å². The molecular formula is C19H19ClN2O6S. The van der Waals surface area contributed by atoms with Crippen molar-refractivity contribution in [3.63, 3.8) is 0 Å². The van der Waals surface area contributed by atoms with Crippen LogP contribution in [0.15, 0.2) is 53.4 Å². The lowest BCUT2D eigenvalue weighted by atomic mass is 10.2. The topological polar surface area (TPSA) is 119 Å². The molecular weight excluding hydrogens is 420 g/mol. The molecule has 0 saturated carbocycles. The maximum absolute atomic E-state index is 12.2. The van der Waals surface area contributed by atoms with E-state index in [9.17, 15) is 22.8 Å². The van der Waals surface area contributed by atoms with Crippen LogP contribution in [0.5, 0.6) is 0 Å². The highest BCUT2D eigenvalue weighted by atomic mass is 35.5. The molecule has 2 amide bonds. The Morgan fingerprint density at radius 3 is 2.03 bits per heavy atom. The Bertz CT molecular complexity index is 988. The lowest BCUT2D eigenvalue weighted by Crippen LogP contribution is -2.22. The Hall–Kier alpha value is -2.91. The van der Waals surface area contributed by atoms with Gasteiger partial charge in [0.05, 0.1) is 17.1 Å². The van der Waals surface area contributed by atoms with Crippen molar-refractivity contribution in [2.24, 2.45) is 0 Å². The monoisotopic (exact) mass is 438 g/mol. The molecule has 0 atom stereocenters. The van der Waals surface area contributed by atoms with E-state index in [4.69, 9.17) is 16.3 Å². The van der Waals surface area contributed by atoms with Gasteiger partial charge in [-0.1, -0.05) is 11.6 Å². The fourth-order valence-corrected chi connectivity index (χ4v) is 3.58. The predicted octanol–water partition coefficient (Wildman–Crippen LogP) is 2.64. The molecule has 0 saturated heterocycles. The maximum atomic E-state index is 12.2. The third-order valence-corrected chi connectivity index (χ3v) is 5.58. The number of anilines is 2. The number of hydrogen-bond acceptors (Lipinski definition) is 6. The van der Waals surface area contributed by atoms with Crippen LogP contribution >= 0.6 is 11.6 Å². The molecule has 0 aliphatic heterocycles. The van der Waals surface area contributed by atoms with E-state index >= 15 is 0 Å². The first kappa shape index (κ1) is 22.4. The molecule has 0 unspecified atom stereocenters. The van der Waals surface area contributed by atoms with Gasteiger partial charge in [0.15, 0.2) is 16.4 Å². The quantitative estimate of drug-likeness (QED) is 0.611. The number of benzene rings is 2. The number of halogens is 1. The molecule has 0 radical (unpaired) electrons. The molecule has 2 aromatic rings. The summed E-state index contributed by atoms with van der Waals surface area (Å²) in [6.07, 6.45) is -0.385. The van der Waals surface area contributed by atoms with Gasteiger partial charge >= 0.3 is 5.97 Å². The summed E-state index contributed by atoms with van der Waals surface area (Å²) in [5, 5.41) is 5.51. The second-order valence-corrected chi connectivity index (χ2v) is 8.54. The zero-order valence-corrected chi connectivity index (χ0v) is 17.0. The van der Waals surface area contributed by atoms with E-state index in [0.29, 0.717) is 16.4 Å². The second-order valence-electron chi connectivity index (χ2n) is 5.99. The van der Waals surface area contributed by atoms with Gasteiger partial charge in [-0.3, -0.25) is 14.4 Å². The first-order valence-corrected chi connectivity index (χ1v) is 10.5. The number of rotatable bonds is 8. The molecule has 8 nitrogen and oxygen atoms in total. The molecule has 0 fully saturated rings. The highest BCUT2D eigenvalue weighted by Crippen LogP contribution is 2.16. The van der Waals surface area contributed by atoms with Crippen molar-refractivity contribution in [3.8, 4) is 0 Å². The predicted molar refractivity (Wildman–Crippen MR) is 108 cm³/mol. The van der Waals surface area contributed by atoms with Gasteiger partial charge in [-0.2, -0.15) is 0 Å². The van der Waals surface area contributed by atoms with Crippen molar-refractivity contribution in [1.29, 1.82) is 0 Å². The molecule has 0 heterocycles. The standard InChI is InChI=1S/C19H19ClN2O6S/c1-13(23)21-15-4-6-16(7-5-15)22-18(24)12-28-19(25)10-11-29(26,27)17-8-2-14(20)3-9-17/h2-9H,10-12H2,1H3,(H,21,23)(H,22,24). The summed E-state index contributed by atoms with van der Waals surface area (Å²) >= 11 is 5.72. The summed E-state index contributed by atoms with van der Waals surface area (Å²) in [5.41, 5.74) is 1.02. The van der Waals surface area contributed by atoms with Crippen LogP contribution in [0, 0.1) is 0 Å². The van der Waals surface area contributed by atoms with E-state index in [1.165, 1.54) is 31.2 Å². The fraction of sp³-hybridized carbons (Fsp3) is 0.211. The fourth-order valence-electron chi connectivity index (χ4n) is 2.23. The van der Waals surface area contributed by atoms with E-state index in [0.717, 1.165) is 0 Å². The number of carbonyl (C=O) groups is 3. The molecule has 0 aliphatic rings. The highest BCUT2D eigenvalue weighted by molar-refractivity contribution is 7.91. The van der Waals surface area contributed by atoms with Gasteiger partial charge in [-0.15, -0.1) is 0 Å². The highest BCUT2D eigenvalue weighted by Gasteiger charge is 2.17. The zero-order valence-electron chi connectivity index (χ0n) is 15.5. The minimum Gasteiger partial charge on any atom is -0.456 e. The van der Waals surface area contributed by atoms with Crippen LogP contribution in [0.25, 0.3) is 0 Å². The Kier molecular flexibility index (Phi) is 7.74. The molecule has 0 bridgehead atoms. The van der Waals surface area contributed by atoms with Crippen LogP contribution in [0.1, 0.15) is 13.3 Å². The van der Waals surface area contributed by atoms with Crippen LogP contribution < -0.4 is 10.6 Å². The van der Waals surface area contributed by atoms with Gasteiger partial charge in [-0.05, 0) is 48.5 Å². The van der Waals surface area contributed by atoms with Crippen molar-refractivity contribution < 1.29 is 27.5 Å². The van der Waals surface area contributed by atoms with Crippen LogP contribution in [-0.2, 0) is 29.0 Å². The third-order valence-electron chi connectivity index (χ3n) is 3.60. The van der Waals surface area contributed by atoms with Crippen molar-refractivity contribution in [3.05, 3.63) is 53.6 Å². The van der Waals surface area contributed by atoms with Crippen molar-refractivity contribution in [2.45, 2.75) is 18.2 Å². The van der Waals surface area contributed by atoms with E-state index in [2.05, 4.69) is 10.6 Å². The smallest absolute Gasteiger partial charge is 0.307 e. The lowest BCUT2D eigenvalue weighted by molar-refractivity contribution is -0.146.